The summed E-state index contributed by atoms with van der Waals surface area (Å²) < 4.78 is 13.7. The van der Waals surface area contributed by atoms with Gasteiger partial charge in [-0.15, -0.1) is 0 Å². The van der Waals surface area contributed by atoms with E-state index in [9.17, 15) is 9.18 Å². The first-order valence-corrected chi connectivity index (χ1v) is 6.85. The van der Waals surface area contributed by atoms with Gasteiger partial charge in [-0.1, -0.05) is 41.9 Å². The first kappa shape index (κ1) is 13.7. The minimum absolute atomic E-state index is 0.0193. The molecule has 21 heavy (non-hydrogen) atoms. The summed E-state index contributed by atoms with van der Waals surface area (Å²) in [5.74, 6) is -0.978. The van der Waals surface area contributed by atoms with Crippen LogP contribution in [0.25, 0.3) is 10.9 Å². The van der Waals surface area contributed by atoms with Gasteiger partial charge in [0.15, 0.2) is 5.78 Å². The van der Waals surface area contributed by atoms with E-state index in [0.717, 1.165) is 10.9 Å². The Bertz CT molecular complexity index is 812. The molecule has 0 fully saturated rings. The molecule has 0 radical (unpaired) electrons. The molecule has 2 nitrogen and oxygen atoms in total. The second kappa shape index (κ2) is 5.62. The number of para-hydroxylation sites is 1. The van der Waals surface area contributed by atoms with E-state index in [4.69, 9.17) is 11.6 Å². The monoisotopic (exact) mass is 299 g/mol. The molecule has 0 aliphatic heterocycles. The highest BCUT2D eigenvalue weighted by molar-refractivity contribution is 6.34. The predicted octanol–water partition coefficient (Wildman–Crippen LogP) is 4.45. The maximum absolute atomic E-state index is 13.7. The van der Waals surface area contributed by atoms with Crippen LogP contribution in [0, 0.1) is 5.82 Å². The lowest BCUT2D eigenvalue weighted by Crippen LogP contribution is -2.08. The van der Waals surface area contributed by atoms with E-state index >= 15 is 0 Å². The molecule has 0 bridgehead atoms. The lowest BCUT2D eigenvalue weighted by Gasteiger charge is -2.05. The van der Waals surface area contributed by atoms with Gasteiger partial charge in [-0.25, -0.2) is 4.39 Å². The number of benzene rings is 2. The van der Waals surface area contributed by atoms with Crippen molar-refractivity contribution in [2.45, 2.75) is 6.42 Å². The third-order valence-electron chi connectivity index (χ3n) is 3.24. The van der Waals surface area contributed by atoms with Crippen molar-refractivity contribution in [3.05, 3.63) is 76.7 Å². The maximum Gasteiger partial charge on any atom is 0.173 e. The van der Waals surface area contributed by atoms with Crippen LogP contribution in [0.2, 0.25) is 5.02 Å². The molecular weight excluding hydrogens is 289 g/mol. The number of rotatable bonds is 3. The number of hydrogen-bond acceptors (Lipinski definition) is 2. The van der Waals surface area contributed by atoms with Crippen molar-refractivity contribution >= 4 is 28.3 Å². The highest BCUT2D eigenvalue weighted by Gasteiger charge is 2.16. The lowest BCUT2D eigenvalue weighted by atomic mass is 10.0. The largest absolute Gasteiger partial charge is 0.294 e. The third kappa shape index (κ3) is 2.78. The molecule has 0 unspecified atom stereocenters. The molecule has 0 N–H and O–H groups in total. The molecule has 3 aromatic rings. The smallest absolute Gasteiger partial charge is 0.173 e. The van der Waals surface area contributed by atoms with Crippen molar-refractivity contribution in [2.24, 2.45) is 0 Å². The van der Waals surface area contributed by atoms with Gasteiger partial charge in [-0.2, -0.15) is 0 Å². The van der Waals surface area contributed by atoms with Crippen LogP contribution >= 0.6 is 11.6 Å². The van der Waals surface area contributed by atoms with Crippen molar-refractivity contribution in [2.75, 3.05) is 0 Å². The molecule has 0 aliphatic carbocycles. The number of fused-ring (bicyclic) bond motifs is 1. The van der Waals surface area contributed by atoms with Crippen LogP contribution in [-0.4, -0.2) is 10.8 Å². The fourth-order valence-electron chi connectivity index (χ4n) is 2.22. The van der Waals surface area contributed by atoms with E-state index in [0.29, 0.717) is 5.69 Å². The van der Waals surface area contributed by atoms with E-state index in [1.165, 1.54) is 18.2 Å². The molecule has 0 aliphatic rings. The summed E-state index contributed by atoms with van der Waals surface area (Å²) in [5, 5.41) is 1.12. The molecule has 0 spiro atoms. The van der Waals surface area contributed by atoms with Gasteiger partial charge in [-0.3, -0.25) is 9.78 Å². The number of halogens is 2. The van der Waals surface area contributed by atoms with Gasteiger partial charge in [0.05, 0.1) is 22.5 Å². The Morgan fingerprint density at radius 1 is 1.05 bits per heavy atom. The van der Waals surface area contributed by atoms with E-state index in [1.807, 2.05) is 30.3 Å². The van der Waals surface area contributed by atoms with Gasteiger partial charge >= 0.3 is 0 Å². The molecule has 0 saturated carbocycles. The molecule has 4 heteroatoms. The summed E-state index contributed by atoms with van der Waals surface area (Å²) in [6.45, 7) is 0. The Morgan fingerprint density at radius 3 is 2.67 bits per heavy atom. The first-order valence-electron chi connectivity index (χ1n) is 6.47. The quantitative estimate of drug-likeness (QED) is 0.669. The average molecular weight is 300 g/mol. The number of Topliss-reactive ketones (excluding diaryl/α,β-unsaturated/α-hetero) is 1. The number of ketones is 1. The van der Waals surface area contributed by atoms with Gasteiger partial charge in [0.25, 0.3) is 0 Å². The fraction of sp³-hybridized carbons (Fsp3) is 0.0588. The zero-order chi connectivity index (χ0) is 14.8. The molecule has 0 saturated heterocycles. The minimum atomic E-state index is -0.603. The molecule has 104 valence electrons. The van der Waals surface area contributed by atoms with E-state index in [1.54, 1.807) is 6.07 Å². The number of hydrogen-bond donors (Lipinski definition) is 0. The SMILES string of the molecule is O=C(Cc1ccc2ccccc2n1)c1c(F)cccc1Cl. The van der Waals surface area contributed by atoms with Crippen molar-refractivity contribution in [1.29, 1.82) is 0 Å². The molecule has 1 heterocycles. The van der Waals surface area contributed by atoms with Gasteiger partial charge in [0.1, 0.15) is 5.82 Å². The summed E-state index contributed by atoms with van der Waals surface area (Å²) in [4.78, 5) is 16.6. The fourth-order valence-corrected chi connectivity index (χ4v) is 2.49. The molecule has 3 rings (SSSR count). The van der Waals surface area contributed by atoms with E-state index < -0.39 is 5.82 Å². The highest BCUT2D eigenvalue weighted by Crippen LogP contribution is 2.21. The van der Waals surface area contributed by atoms with Crippen LogP contribution in [0.15, 0.2) is 54.6 Å². The molecule has 1 aromatic heterocycles. The average Bonchev–Trinajstić information content (AvgIpc) is 2.47. The molecule has 0 atom stereocenters. The normalized spacial score (nSPS) is 10.8. The van der Waals surface area contributed by atoms with Crippen LogP contribution in [0.5, 0.6) is 0 Å². The Hall–Kier alpha value is -2.26. The van der Waals surface area contributed by atoms with Gasteiger partial charge in [0, 0.05) is 11.1 Å². The molecule has 0 amide bonds. The number of aromatic nitrogens is 1. The second-order valence-electron chi connectivity index (χ2n) is 4.69. The summed E-state index contributed by atoms with van der Waals surface area (Å²) in [6.07, 6.45) is 0.0193. The first-order chi connectivity index (χ1) is 10.1. The summed E-state index contributed by atoms with van der Waals surface area (Å²) in [6, 6.07) is 15.5. The highest BCUT2D eigenvalue weighted by atomic mass is 35.5. The molecular formula is C17H11ClFNO. The van der Waals surface area contributed by atoms with Crippen LogP contribution in [0.3, 0.4) is 0 Å². The summed E-state index contributed by atoms with van der Waals surface area (Å²) in [5.41, 5.74) is 1.33. The topological polar surface area (TPSA) is 30.0 Å². The Morgan fingerprint density at radius 2 is 1.86 bits per heavy atom. The Kier molecular flexibility index (Phi) is 3.67. The number of nitrogens with zero attached hydrogens (tertiary/aromatic N) is 1. The Labute approximate surface area is 126 Å². The summed E-state index contributed by atoms with van der Waals surface area (Å²) in [7, 11) is 0. The number of pyridine rings is 1. The van der Waals surface area contributed by atoms with Gasteiger partial charge < -0.3 is 0 Å². The third-order valence-corrected chi connectivity index (χ3v) is 3.55. The van der Waals surface area contributed by atoms with E-state index in [-0.39, 0.29) is 22.8 Å². The number of carbonyl (C=O) groups excluding carboxylic acids is 1. The van der Waals surface area contributed by atoms with Crippen molar-refractivity contribution in [3.8, 4) is 0 Å². The van der Waals surface area contributed by atoms with Crippen LogP contribution in [0.4, 0.5) is 4.39 Å². The van der Waals surface area contributed by atoms with Crippen LogP contribution in [0.1, 0.15) is 16.1 Å². The van der Waals surface area contributed by atoms with Crippen LogP contribution in [-0.2, 0) is 6.42 Å². The lowest BCUT2D eigenvalue weighted by molar-refractivity contribution is 0.0988. The second-order valence-corrected chi connectivity index (χ2v) is 5.10. The van der Waals surface area contributed by atoms with Gasteiger partial charge in [-0.05, 0) is 24.3 Å². The number of carbonyl (C=O) groups is 1. The molecule has 2 aromatic carbocycles. The van der Waals surface area contributed by atoms with Crippen LogP contribution < -0.4 is 0 Å². The zero-order valence-corrected chi connectivity index (χ0v) is 11.8. The predicted molar refractivity (Wildman–Crippen MR) is 81.2 cm³/mol. The zero-order valence-electron chi connectivity index (χ0n) is 11.0. The maximum atomic E-state index is 13.7. The van der Waals surface area contributed by atoms with Crippen molar-refractivity contribution in [3.63, 3.8) is 0 Å². The van der Waals surface area contributed by atoms with Crippen molar-refractivity contribution in [1.82, 2.24) is 4.98 Å². The van der Waals surface area contributed by atoms with E-state index in [2.05, 4.69) is 4.98 Å². The Balaban J connectivity index is 1.93. The van der Waals surface area contributed by atoms with Gasteiger partial charge in [0.2, 0.25) is 0 Å². The van der Waals surface area contributed by atoms with Crippen molar-refractivity contribution < 1.29 is 9.18 Å². The summed E-state index contributed by atoms with van der Waals surface area (Å²) >= 11 is 5.90. The standard InChI is InChI=1S/C17H11ClFNO/c18-13-5-3-6-14(19)17(13)16(21)10-12-9-8-11-4-1-2-7-15(11)20-12/h1-9H,10H2. The minimum Gasteiger partial charge on any atom is -0.294 e.